The van der Waals surface area contributed by atoms with Gasteiger partial charge >= 0.3 is 5.97 Å². The quantitative estimate of drug-likeness (QED) is 0.710. The van der Waals surface area contributed by atoms with E-state index >= 15 is 0 Å². The van der Waals surface area contributed by atoms with Gasteiger partial charge in [-0.1, -0.05) is 0 Å². The number of aromatic carboxylic acids is 1. The number of hydrogen-bond acceptors (Lipinski definition) is 6. The van der Waals surface area contributed by atoms with Crippen molar-refractivity contribution in [2.45, 2.75) is 6.10 Å². The number of carboxylic acid groups (broad SMARTS) is 1. The summed E-state index contributed by atoms with van der Waals surface area (Å²) in [6.07, 6.45) is 1.48. The Kier molecular flexibility index (Phi) is 4.18. The fourth-order valence-electron chi connectivity index (χ4n) is 2.00. The lowest BCUT2D eigenvalue weighted by Crippen LogP contribution is -2.43. The predicted octanol–water partition coefficient (Wildman–Crippen LogP) is 0.105. The molecule has 0 spiro atoms. The number of morpholine rings is 1. The third-order valence-electron chi connectivity index (χ3n) is 3.06. The van der Waals surface area contributed by atoms with E-state index in [1.807, 2.05) is 7.05 Å². The SMILES string of the molecule is CN1CCOC(CNc2nccc(C(=O)O)c2N)C1. The van der Waals surface area contributed by atoms with Crippen LogP contribution in [0.2, 0.25) is 0 Å². The Balaban J connectivity index is 1.99. The van der Waals surface area contributed by atoms with Gasteiger partial charge < -0.3 is 25.8 Å². The van der Waals surface area contributed by atoms with Crippen LogP contribution in [0.1, 0.15) is 10.4 Å². The molecule has 0 amide bonds. The van der Waals surface area contributed by atoms with Gasteiger partial charge in [-0.2, -0.15) is 0 Å². The van der Waals surface area contributed by atoms with E-state index in [4.69, 9.17) is 15.6 Å². The molecule has 0 aliphatic carbocycles. The number of ether oxygens (including phenoxy) is 1. The predicted molar refractivity (Wildman–Crippen MR) is 71.3 cm³/mol. The number of nitrogens with one attached hydrogen (secondary N) is 1. The van der Waals surface area contributed by atoms with E-state index in [1.165, 1.54) is 12.3 Å². The maximum Gasteiger partial charge on any atom is 0.337 e. The number of pyridine rings is 1. The van der Waals surface area contributed by atoms with Gasteiger partial charge in [-0.25, -0.2) is 9.78 Å². The molecule has 2 heterocycles. The Hall–Kier alpha value is -1.86. The Morgan fingerprint density at radius 1 is 1.74 bits per heavy atom. The smallest absolute Gasteiger partial charge is 0.337 e. The van der Waals surface area contributed by atoms with Crippen LogP contribution in [-0.4, -0.2) is 60.4 Å². The number of carboxylic acids is 1. The van der Waals surface area contributed by atoms with Crippen LogP contribution in [0.5, 0.6) is 0 Å². The van der Waals surface area contributed by atoms with Crippen molar-refractivity contribution >= 4 is 17.5 Å². The fourth-order valence-corrected chi connectivity index (χ4v) is 2.00. The van der Waals surface area contributed by atoms with Gasteiger partial charge in [0.25, 0.3) is 0 Å². The molecular formula is C12H18N4O3. The van der Waals surface area contributed by atoms with Crippen molar-refractivity contribution in [1.82, 2.24) is 9.88 Å². The molecule has 0 bridgehead atoms. The topological polar surface area (TPSA) is 101 Å². The third kappa shape index (κ3) is 3.33. The molecule has 1 aliphatic heterocycles. The van der Waals surface area contributed by atoms with Crippen LogP contribution in [0, 0.1) is 0 Å². The van der Waals surface area contributed by atoms with Gasteiger partial charge in [0.1, 0.15) is 5.82 Å². The number of nitrogens with two attached hydrogens (primary N) is 1. The fraction of sp³-hybridized carbons (Fsp3) is 0.500. The summed E-state index contributed by atoms with van der Waals surface area (Å²) in [5.74, 6) is -0.673. The first kappa shape index (κ1) is 13.6. The second-order valence-electron chi connectivity index (χ2n) is 4.56. The van der Waals surface area contributed by atoms with E-state index in [0.717, 1.165) is 13.1 Å². The van der Waals surface area contributed by atoms with Gasteiger partial charge in [-0.3, -0.25) is 0 Å². The first-order valence-corrected chi connectivity index (χ1v) is 6.09. The second-order valence-corrected chi connectivity index (χ2v) is 4.56. The normalized spacial score (nSPS) is 20.2. The highest BCUT2D eigenvalue weighted by Crippen LogP contribution is 2.20. The zero-order valence-electron chi connectivity index (χ0n) is 10.8. The summed E-state index contributed by atoms with van der Waals surface area (Å²) in [5.41, 5.74) is 5.98. The molecule has 1 aromatic heterocycles. The molecule has 1 fully saturated rings. The molecule has 0 radical (unpaired) electrons. The van der Waals surface area contributed by atoms with Gasteiger partial charge in [0.2, 0.25) is 0 Å². The lowest BCUT2D eigenvalue weighted by atomic mass is 10.2. The number of likely N-dealkylation sites (N-methyl/N-ethyl adjacent to an activating group) is 1. The Morgan fingerprint density at radius 3 is 3.21 bits per heavy atom. The Labute approximate surface area is 111 Å². The van der Waals surface area contributed by atoms with Crippen molar-refractivity contribution in [1.29, 1.82) is 0 Å². The Bertz CT molecular complexity index is 466. The first-order valence-electron chi connectivity index (χ1n) is 6.09. The molecule has 19 heavy (non-hydrogen) atoms. The molecular weight excluding hydrogens is 248 g/mol. The average Bonchev–Trinajstić information content (AvgIpc) is 2.37. The van der Waals surface area contributed by atoms with E-state index in [-0.39, 0.29) is 17.4 Å². The van der Waals surface area contributed by atoms with Crippen LogP contribution >= 0.6 is 0 Å². The lowest BCUT2D eigenvalue weighted by Gasteiger charge is -2.30. The van der Waals surface area contributed by atoms with Crippen LogP contribution in [0.4, 0.5) is 11.5 Å². The molecule has 1 saturated heterocycles. The van der Waals surface area contributed by atoms with Crippen molar-refractivity contribution < 1.29 is 14.6 Å². The van der Waals surface area contributed by atoms with Gasteiger partial charge in [-0.05, 0) is 13.1 Å². The monoisotopic (exact) mass is 266 g/mol. The van der Waals surface area contributed by atoms with Gasteiger partial charge in [-0.15, -0.1) is 0 Å². The minimum atomic E-state index is -1.06. The molecule has 0 aromatic carbocycles. The maximum atomic E-state index is 11.0. The van der Waals surface area contributed by atoms with Crippen LogP contribution in [0.3, 0.4) is 0 Å². The number of rotatable bonds is 4. The molecule has 0 saturated carbocycles. The number of anilines is 2. The minimum absolute atomic E-state index is 0.0495. The summed E-state index contributed by atoms with van der Waals surface area (Å²) < 4.78 is 5.60. The number of nitrogen functional groups attached to an aromatic ring is 1. The summed E-state index contributed by atoms with van der Waals surface area (Å²) >= 11 is 0. The lowest BCUT2D eigenvalue weighted by molar-refractivity contribution is -0.0117. The molecule has 4 N–H and O–H groups in total. The third-order valence-corrected chi connectivity index (χ3v) is 3.06. The molecule has 2 rings (SSSR count). The molecule has 1 atom stereocenters. The van der Waals surface area contributed by atoms with Crippen molar-refractivity contribution in [3.8, 4) is 0 Å². The van der Waals surface area contributed by atoms with E-state index in [1.54, 1.807) is 0 Å². The molecule has 1 aromatic rings. The maximum absolute atomic E-state index is 11.0. The van der Waals surface area contributed by atoms with E-state index in [9.17, 15) is 4.79 Å². The number of nitrogens with zero attached hydrogens (tertiary/aromatic N) is 2. The van der Waals surface area contributed by atoms with Crippen molar-refractivity contribution in [2.75, 3.05) is 44.3 Å². The summed E-state index contributed by atoms with van der Waals surface area (Å²) in [7, 11) is 2.03. The van der Waals surface area contributed by atoms with Crippen LogP contribution < -0.4 is 11.1 Å². The molecule has 7 heteroatoms. The standard InChI is InChI=1S/C12H18N4O3/c1-16-4-5-19-8(7-16)6-15-11-10(13)9(12(17)18)2-3-14-11/h2-3,8H,4-7,13H2,1H3,(H,14,15)(H,17,18). The first-order chi connectivity index (χ1) is 9.08. The van der Waals surface area contributed by atoms with E-state index in [2.05, 4.69) is 15.2 Å². The van der Waals surface area contributed by atoms with Crippen molar-refractivity contribution in [3.05, 3.63) is 17.8 Å². The molecule has 1 aliphatic rings. The van der Waals surface area contributed by atoms with Crippen molar-refractivity contribution in [2.24, 2.45) is 0 Å². The molecule has 7 nitrogen and oxygen atoms in total. The molecule has 1 unspecified atom stereocenters. The van der Waals surface area contributed by atoms with Gasteiger partial charge in [0.05, 0.1) is 24.0 Å². The zero-order valence-corrected chi connectivity index (χ0v) is 10.8. The summed E-state index contributed by atoms with van der Waals surface area (Å²) in [5, 5.41) is 12.0. The summed E-state index contributed by atoms with van der Waals surface area (Å²) in [6, 6.07) is 1.38. The van der Waals surface area contributed by atoms with Crippen LogP contribution in [0.15, 0.2) is 12.3 Å². The highest BCUT2D eigenvalue weighted by atomic mass is 16.5. The van der Waals surface area contributed by atoms with Crippen LogP contribution in [-0.2, 0) is 4.74 Å². The van der Waals surface area contributed by atoms with Gasteiger partial charge in [0.15, 0.2) is 0 Å². The van der Waals surface area contributed by atoms with Crippen LogP contribution in [0.25, 0.3) is 0 Å². The van der Waals surface area contributed by atoms with Crippen molar-refractivity contribution in [3.63, 3.8) is 0 Å². The number of carbonyl (C=O) groups is 1. The summed E-state index contributed by atoms with van der Waals surface area (Å²) in [4.78, 5) is 17.2. The zero-order chi connectivity index (χ0) is 13.8. The highest BCUT2D eigenvalue weighted by molar-refractivity contribution is 5.96. The van der Waals surface area contributed by atoms with E-state index < -0.39 is 5.97 Å². The Morgan fingerprint density at radius 2 is 2.53 bits per heavy atom. The molecule has 104 valence electrons. The summed E-state index contributed by atoms with van der Waals surface area (Å²) in [6.45, 7) is 2.99. The largest absolute Gasteiger partial charge is 0.478 e. The van der Waals surface area contributed by atoms with Gasteiger partial charge in [0, 0.05) is 25.8 Å². The number of hydrogen-bond donors (Lipinski definition) is 3. The van der Waals surface area contributed by atoms with E-state index in [0.29, 0.717) is 19.0 Å². The average molecular weight is 266 g/mol. The number of aromatic nitrogens is 1. The second kappa shape index (κ2) is 5.85. The minimum Gasteiger partial charge on any atom is -0.478 e. The highest BCUT2D eigenvalue weighted by Gasteiger charge is 2.18.